The van der Waals surface area contributed by atoms with Crippen LogP contribution in [0.25, 0.3) is 0 Å². The maximum atomic E-state index is 12.8. The Hall–Kier alpha value is -1.79. The van der Waals surface area contributed by atoms with Gasteiger partial charge in [-0.05, 0) is 50.4 Å². The Labute approximate surface area is 132 Å². The van der Waals surface area contributed by atoms with E-state index in [2.05, 4.69) is 12.3 Å². The number of nitrogens with one attached hydrogen (secondary N) is 1. The lowest BCUT2D eigenvalue weighted by Crippen LogP contribution is -2.01. The second-order valence-corrected chi connectivity index (χ2v) is 5.54. The Kier molecular flexibility index (Phi) is 12.1. The van der Waals surface area contributed by atoms with Crippen molar-refractivity contribution in [1.29, 1.82) is 4.78 Å². The molecule has 1 atom stereocenters. The number of hydrogen-bond donors (Lipinski definition) is 2. The van der Waals surface area contributed by atoms with E-state index in [0.29, 0.717) is 0 Å². The third-order valence-corrected chi connectivity index (χ3v) is 4.16. The Morgan fingerprint density at radius 1 is 1.23 bits per heavy atom. The molecule has 0 aliphatic heterocycles. The first-order chi connectivity index (χ1) is 10.4. The van der Waals surface area contributed by atoms with Gasteiger partial charge in [0.1, 0.15) is 21.4 Å². The van der Waals surface area contributed by atoms with Gasteiger partial charge in [-0.15, -0.1) is 0 Å². The average Bonchev–Trinajstić information content (AvgIpc) is 2.52. The van der Waals surface area contributed by atoms with Gasteiger partial charge in [0.15, 0.2) is 0 Å². The van der Waals surface area contributed by atoms with Crippen LogP contribution in [-0.2, 0) is 9.73 Å². The van der Waals surface area contributed by atoms with Crippen LogP contribution in [0.15, 0.2) is 64.7 Å². The molecule has 6 heteroatoms. The molecule has 0 amide bonds. The van der Waals surface area contributed by atoms with Crippen LogP contribution in [-0.4, -0.2) is 11.3 Å². The van der Waals surface area contributed by atoms with Gasteiger partial charge in [0.25, 0.3) is 0 Å². The Morgan fingerprint density at radius 3 is 2.05 bits per heavy atom. The van der Waals surface area contributed by atoms with Crippen molar-refractivity contribution in [3.63, 3.8) is 0 Å². The van der Waals surface area contributed by atoms with E-state index in [-0.39, 0.29) is 9.80 Å². The van der Waals surface area contributed by atoms with Crippen LogP contribution < -0.4 is 5.73 Å². The van der Waals surface area contributed by atoms with E-state index in [9.17, 15) is 13.0 Å². The van der Waals surface area contributed by atoms with Crippen molar-refractivity contribution in [2.75, 3.05) is 7.05 Å². The number of rotatable bonds is 4. The van der Waals surface area contributed by atoms with Crippen molar-refractivity contribution in [3.05, 3.63) is 65.6 Å². The average molecular weight is 330 g/mol. The highest BCUT2D eigenvalue weighted by molar-refractivity contribution is 7.96. The molecule has 0 aliphatic carbocycles. The van der Waals surface area contributed by atoms with Gasteiger partial charge < -0.3 is 5.73 Å². The van der Waals surface area contributed by atoms with Crippen molar-refractivity contribution in [2.45, 2.75) is 25.7 Å². The molecule has 0 saturated carbocycles. The maximum Gasteiger partial charge on any atom is 0.123 e. The molecule has 0 aliphatic rings. The first-order valence-corrected chi connectivity index (χ1v) is 8.24. The quantitative estimate of drug-likeness (QED) is 0.780. The fourth-order valence-corrected chi connectivity index (χ4v) is 2.68. The smallest absolute Gasteiger partial charge is 0.123 e. The number of hydrogen-bond acceptors (Lipinski definition) is 3. The summed E-state index contributed by atoms with van der Waals surface area (Å²) in [7, 11) is -1.76. The van der Waals surface area contributed by atoms with Crippen molar-refractivity contribution in [2.24, 2.45) is 5.73 Å². The normalized spacial score (nSPS) is 13.3. The first-order valence-electron chi connectivity index (χ1n) is 6.69. The van der Waals surface area contributed by atoms with Gasteiger partial charge in [0, 0.05) is 4.91 Å². The second-order valence-electron chi connectivity index (χ2n) is 3.48. The second kappa shape index (κ2) is 11.8. The summed E-state index contributed by atoms with van der Waals surface area (Å²) in [5, 5.41) is 0. The highest BCUT2D eigenvalue weighted by Crippen LogP contribution is 2.21. The fourth-order valence-electron chi connectivity index (χ4n) is 1.29. The molecule has 124 valence electrons. The van der Waals surface area contributed by atoms with E-state index in [1.807, 2.05) is 13.8 Å². The summed E-state index contributed by atoms with van der Waals surface area (Å²) in [5.74, 6) is -1.16. The highest BCUT2D eigenvalue weighted by atomic mass is 32.2. The molecule has 0 radical (unpaired) electrons. The molecule has 0 heterocycles. The minimum atomic E-state index is -3.26. The molecule has 1 unspecified atom stereocenters. The van der Waals surface area contributed by atoms with Crippen LogP contribution in [0.1, 0.15) is 20.8 Å². The maximum absolute atomic E-state index is 12.8. The molecule has 0 spiro atoms. The summed E-state index contributed by atoms with van der Waals surface area (Å²) in [6.07, 6.45) is 3.73. The predicted molar refractivity (Wildman–Crippen MR) is 90.1 cm³/mol. The minimum Gasteiger partial charge on any atom is -0.333 e. The zero-order valence-corrected chi connectivity index (χ0v) is 14.2. The van der Waals surface area contributed by atoms with Crippen LogP contribution in [0.2, 0.25) is 0 Å². The monoisotopic (exact) mass is 330 g/mol. The minimum absolute atomic E-state index is 0.146. The summed E-state index contributed by atoms with van der Waals surface area (Å²) >= 11 is 0. The molecule has 1 aromatic carbocycles. The lowest BCUT2D eigenvalue weighted by molar-refractivity contribution is 0.626. The van der Waals surface area contributed by atoms with E-state index in [1.54, 1.807) is 6.92 Å². The summed E-state index contributed by atoms with van der Waals surface area (Å²) in [6.45, 7) is 8.64. The van der Waals surface area contributed by atoms with Gasteiger partial charge in [-0.3, -0.25) is 0 Å². The topological polar surface area (TPSA) is 66.9 Å². The van der Waals surface area contributed by atoms with Crippen molar-refractivity contribution >= 4 is 9.73 Å². The Bertz CT molecular complexity index is 604. The van der Waals surface area contributed by atoms with Crippen molar-refractivity contribution < 1.29 is 13.0 Å². The third kappa shape index (κ3) is 7.28. The summed E-state index contributed by atoms with van der Waals surface area (Å²) < 4.78 is 45.5. The Morgan fingerprint density at radius 2 is 1.68 bits per heavy atom. The van der Waals surface area contributed by atoms with Gasteiger partial charge in [-0.2, -0.15) is 0 Å². The lowest BCUT2D eigenvalue weighted by atomic mass is 10.3. The largest absolute Gasteiger partial charge is 0.333 e. The number of allylic oxidation sites excluding steroid dienone is 4. The van der Waals surface area contributed by atoms with Crippen molar-refractivity contribution in [1.82, 2.24) is 0 Å². The van der Waals surface area contributed by atoms with E-state index in [0.717, 1.165) is 18.2 Å². The molecule has 0 bridgehead atoms. The van der Waals surface area contributed by atoms with Crippen molar-refractivity contribution in [3.8, 4) is 0 Å². The SMILES string of the molecule is C=C(F)/C=C\C(=C/C)S(=N)(=O)c1ccc(F)cc1.CC.CN. The van der Waals surface area contributed by atoms with E-state index >= 15 is 0 Å². The standard InChI is InChI=1S/C13H13F2NOS.C2H6.CH5N/c1-3-12(7-4-10(2)14)18(16,17)13-8-5-11(15)6-9-13;2*1-2/h3-9,16H,2H2,1H3;1-2H3;2H2,1H3/b7-4-,12-3+;;. The van der Waals surface area contributed by atoms with Gasteiger partial charge in [-0.25, -0.2) is 17.8 Å². The van der Waals surface area contributed by atoms with Crippen LogP contribution in [0.4, 0.5) is 8.78 Å². The van der Waals surface area contributed by atoms with Crippen LogP contribution >= 0.6 is 0 Å². The molecule has 3 nitrogen and oxygen atoms in total. The summed E-state index contributed by atoms with van der Waals surface area (Å²) in [4.78, 5) is 0.319. The highest BCUT2D eigenvalue weighted by Gasteiger charge is 2.13. The number of nitrogens with two attached hydrogens (primary N) is 1. The van der Waals surface area contributed by atoms with Gasteiger partial charge >= 0.3 is 0 Å². The summed E-state index contributed by atoms with van der Waals surface area (Å²) in [6, 6.07) is 4.84. The molecule has 1 aromatic rings. The molecule has 3 N–H and O–H groups in total. The van der Waals surface area contributed by atoms with Crippen LogP contribution in [0.3, 0.4) is 0 Å². The van der Waals surface area contributed by atoms with E-state index < -0.39 is 21.4 Å². The zero-order valence-electron chi connectivity index (χ0n) is 13.4. The van der Waals surface area contributed by atoms with Gasteiger partial charge in [-0.1, -0.05) is 26.5 Å². The molecule has 0 aromatic heterocycles. The molecular formula is C16H24F2N2OS. The van der Waals surface area contributed by atoms with Gasteiger partial charge in [0.05, 0.1) is 4.90 Å². The summed E-state index contributed by atoms with van der Waals surface area (Å²) in [5.41, 5.74) is 4.50. The van der Waals surface area contributed by atoms with Crippen LogP contribution in [0, 0.1) is 10.6 Å². The van der Waals surface area contributed by atoms with E-state index in [4.69, 9.17) is 4.78 Å². The zero-order chi connectivity index (χ0) is 17.8. The Balaban J connectivity index is 0. The van der Waals surface area contributed by atoms with E-state index in [1.165, 1.54) is 31.3 Å². The first kappa shape index (κ1) is 22.5. The number of halogens is 2. The molecule has 0 fully saturated rings. The van der Waals surface area contributed by atoms with Gasteiger partial charge in [0.2, 0.25) is 0 Å². The predicted octanol–water partition coefficient (Wildman–Crippen LogP) is 4.78. The lowest BCUT2D eigenvalue weighted by Gasteiger charge is -2.08. The molecule has 22 heavy (non-hydrogen) atoms. The third-order valence-electron chi connectivity index (χ3n) is 2.19. The van der Waals surface area contributed by atoms with Crippen LogP contribution in [0.5, 0.6) is 0 Å². The fraction of sp³-hybridized carbons (Fsp3) is 0.250. The molecule has 0 saturated heterocycles. The number of benzene rings is 1. The molecular weight excluding hydrogens is 306 g/mol. The molecule has 1 rings (SSSR count).